The number of carboxylic acids is 1. The van der Waals surface area contributed by atoms with Gasteiger partial charge in [0.25, 0.3) is 5.91 Å². The van der Waals surface area contributed by atoms with Crippen LogP contribution in [0.4, 0.5) is 0 Å². The van der Waals surface area contributed by atoms with Crippen molar-refractivity contribution < 1.29 is 19.4 Å². The van der Waals surface area contributed by atoms with E-state index in [-0.39, 0.29) is 11.3 Å². The zero-order chi connectivity index (χ0) is 12.1. The summed E-state index contributed by atoms with van der Waals surface area (Å²) in [5.41, 5.74) is -0.0824. The van der Waals surface area contributed by atoms with Crippen LogP contribution in [-0.4, -0.2) is 47.0 Å². The van der Waals surface area contributed by atoms with E-state index in [1.165, 1.54) is 18.8 Å². The van der Waals surface area contributed by atoms with E-state index in [4.69, 9.17) is 9.84 Å². The van der Waals surface area contributed by atoms with Crippen molar-refractivity contribution >= 4 is 11.9 Å². The minimum absolute atomic E-state index is 0.0311. The molecule has 0 aliphatic heterocycles. The molecule has 1 rings (SSSR count). The average Bonchev–Trinajstić information content (AvgIpc) is 2.60. The molecule has 88 valence electrons. The van der Waals surface area contributed by atoms with Gasteiger partial charge >= 0.3 is 5.97 Å². The molecule has 16 heavy (non-hydrogen) atoms. The summed E-state index contributed by atoms with van der Waals surface area (Å²) in [6, 6.07) is 0. The minimum atomic E-state index is -1.18. The Morgan fingerprint density at radius 1 is 1.62 bits per heavy atom. The predicted molar refractivity (Wildman–Crippen MR) is 54.4 cm³/mol. The Kier molecular flexibility index (Phi) is 4.01. The molecule has 0 spiro atoms. The van der Waals surface area contributed by atoms with Crippen molar-refractivity contribution in [1.29, 1.82) is 0 Å². The molecule has 0 saturated carbocycles. The molecule has 0 unspecified atom stereocenters. The molecule has 0 atom stereocenters. The normalized spacial score (nSPS) is 10.1. The first-order valence-electron chi connectivity index (χ1n) is 4.60. The van der Waals surface area contributed by atoms with Gasteiger partial charge in [-0.3, -0.25) is 9.48 Å². The van der Waals surface area contributed by atoms with Crippen LogP contribution >= 0.6 is 0 Å². The molecule has 0 radical (unpaired) electrons. The van der Waals surface area contributed by atoms with E-state index in [1.807, 2.05) is 0 Å². The van der Waals surface area contributed by atoms with Crippen molar-refractivity contribution in [1.82, 2.24) is 15.1 Å². The molecular weight excluding hydrogens is 214 g/mol. The monoisotopic (exact) mass is 227 g/mol. The second-order valence-corrected chi connectivity index (χ2v) is 3.08. The summed E-state index contributed by atoms with van der Waals surface area (Å²) in [5, 5.41) is 15.1. The van der Waals surface area contributed by atoms with E-state index in [1.54, 1.807) is 0 Å². The number of carbonyl (C=O) groups excluding carboxylic acids is 1. The highest BCUT2D eigenvalue weighted by molar-refractivity contribution is 6.03. The molecular formula is C9H13N3O4. The number of nitrogens with zero attached hydrogens (tertiary/aromatic N) is 2. The van der Waals surface area contributed by atoms with E-state index >= 15 is 0 Å². The van der Waals surface area contributed by atoms with Crippen molar-refractivity contribution in [3.8, 4) is 0 Å². The number of nitrogens with one attached hydrogen (secondary N) is 1. The van der Waals surface area contributed by atoms with E-state index in [9.17, 15) is 9.59 Å². The van der Waals surface area contributed by atoms with Crippen LogP contribution in [-0.2, 0) is 11.8 Å². The number of amides is 1. The highest BCUT2D eigenvalue weighted by Crippen LogP contribution is 2.06. The molecule has 0 saturated heterocycles. The molecule has 0 aromatic carbocycles. The number of carbonyl (C=O) groups is 2. The second-order valence-electron chi connectivity index (χ2n) is 3.08. The van der Waals surface area contributed by atoms with Crippen LogP contribution in [0, 0.1) is 0 Å². The third-order valence-electron chi connectivity index (χ3n) is 1.98. The first-order chi connectivity index (χ1) is 7.57. The number of aromatic nitrogens is 2. The fraction of sp³-hybridized carbons (Fsp3) is 0.444. The predicted octanol–water partition coefficient (Wildman–Crippen LogP) is -0.505. The van der Waals surface area contributed by atoms with Gasteiger partial charge in [-0.15, -0.1) is 0 Å². The Bertz CT molecular complexity index is 399. The quantitative estimate of drug-likeness (QED) is 0.661. The molecule has 1 aromatic heterocycles. The van der Waals surface area contributed by atoms with Crippen molar-refractivity contribution in [3.05, 3.63) is 17.5 Å². The molecule has 7 heteroatoms. The Hall–Kier alpha value is -1.89. The highest BCUT2D eigenvalue weighted by atomic mass is 16.5. The standard InChI is InChI=1S/C9H13N3O4/c1-12-7(6(5-11-12)9(14)15)8(13)10-3-4-16-2/h5H,3-4H2,1-2H3,(H,10,13)(H,14,15). The van der Waals surface area contributed by atoms with Crippen LogP contribution in [0.5, 0.6) is 0 Å². The fourth-order valence-corrected chi connectivity index (χ4v) is 1.21. The van der Waals surface area contributed by atoms with Gasteiger partial charge in [0.1, 0.15) is 11.3 Å². The Balaban J connectivity index is 2.81. The fourth-order valence-electron chi connectivity index (χ4n) is 1.21. The van der Waals surface area contributed by atoms with Crippen molar-refractivity contribution in [2.45, 2.75) is 0 Å². The molecule has 7 nitrogen and oxygen atoms in total. The lowest BCUT2D eigenvalue weighted by molar-refractivity contribution is 0.0690. The maximum Gasteiger partial charge on any atom is 0.339 e. The summed E-state index contributed by atoms with van der Waals surface area (Å²) in [4.78, 5) is 22.4. The van der Waals surface area contributed by atoms with E-state index in [0.717, 1.165) is 6.20 Å². The average molecular weight is 227 g/mol. The summed E-state index contributed by atoms with van der Waals surface area (Å²) in [5.74, 6) is -1.65. The van der Waals surface area contributed by atoms with Crippen molar-refractivity contribution in [3.63, 3.8) is 0 Å². The van der Waals surface area contributed by atoms with E-state index in [0.29, 0.717) is 13.2 Å². The Morgan fingerprint density at radius 2 is 2.31 bits per heavy atom. The zero-order valence-electron chi connectivity index (χ0n) is 9.06. The van der Waals surface area contributed by atoms with Gasteiger partial charge in [0, 0.05) is 20.7 Å². The lowest BCUT2D eigenvalue weighted by atomic mass is 10.2. The van der Waals surface area contributed by atoms with Gasteiger partial charge in [0.15, 0.2) is 0 Å². The van der Waals surface area contributed by atoms with Crippen LogP contribution in [0.1, 0.15) is 20.8 Å². The third-order valence-corrected chi connectivity index (χ3v) is 1.98. The number of hydrogen-bond donors (Lipinski definition) is 2. The number of aromatic carboxylic acids is 1. The largest absolute Gasteiger partial charge is 0.478 e. The van der Waals surface area contributed by atoms with Crippen molar-refractivity contribution in [2.75, 3.05) is 20.3 Å². The van der Waals surface area contributed by atoms with Gasteiger partial charge in [-0.2, -0.15) is 5.10 Å². The first-order valence-corrected chi connectivity index (χ1v) is 4.60. The smallest absolute Gasteiger partial charge is 0.339 e. The number of hydrogen-bond acceptors (Lipinski definition) is 4. The van der Waals surface area contributed by atoms with Gasteiger partial charge in [0.05, 0.1) is 12.8 Å². The summed E-state index contributed by atoms with van der Waals surface area (Å²) < 4.78 is 5.99. The maximum absolute atomic E-state index is 11.6. The van der Waals surface area contributed by atoms with Crippen LogP contribution in [0.2, 0.25) is 0 Å². The van der Waals surface area contributed by atoms with E-state index < -0.39 is 11.9 Å². The highest BCUT2D eigenvalue weighted by Gasteiger charge is 2.20. The Labute approximate surface area is 92.0 Å². The van der Waals surface area contributed by atoms with Gasteiger partial charge < -0.3 is 15.2 Å². The van der Waals surface area contributed by atoms with Gasteiger partial charge in [-0.05, 0) is 0 Å². The number of aryl methyl sites for hydroxylation is 1. The molecule has 1 heterocycles. The van der Waals surface area contributed by atoms with E-state index in [2.05, 4.69) is 10.4 Å². The summed E-state index contributed by atoms with van der Waals surface area (Å²) >= 11 is 0. The molecule has 0 aliphatic rings. The number of carboxylic acid groups (broad SMARTS) is 1. The summed E-state index contributed by atoms with van der Waals surface area (Å²) in [7, 11) is 3.02. The summed E-state index contributed by atoms with van der Waals surface area (Å²) in [6.07, 6.45) is 1.15. The van der Waals surface area contributed by atoms with Crippen LogP contribution in [0.15, 0.2) is 6.20 Å². The van der Waals surface area contributed by atoms with Crippen molar-refractivity contribution in [2.24, 2.45) is 7.05 Å². The van der Waals surface area contributed by atoms with Gasteiger partial charge in [-0.1, -0.05) is 0 Å². The maximum atomic E-state index is 11.6. The van der Waals surface area contributed by atoms with Crippen LogP contribution in [0.3, 0.4) is 0 Å². The molecule has 2 N–H and O–H groups in total. The van der Waals surface area contributed by atoms with Crippen LogP contribution < -0.4 is 5.32 Å². The Morgan fingerprint density at radius 3 is 2.88 bits per heavy atom. The topological polar surface area (TPSA) is 93.4 Å². The minimum Gasteiger partial charge on any atom is -0.478 e. The van der Waals surface area contributed by atoms with Crippen LogP contribution in [0.25, 0.3) is 0 Å². The van der Waals surface area contributed by atoms with Gasteiger partial charge in [0.2, 0.25) is 0 Å². The number of ether oxygens (including phenoxy) is 1. The zero-order valence-corrected chi connectivity index (χ0v) is 9.06. The first kappa shape index (κ1) is 12.2. The lowest BCUT2D eigenvalue weighted by Gasteiger charge is -2.05. The number of methoxy groups -OCH3 is 1. The second kappa shape index (κ2) is 5.26. The SMILES string of the molecule is COCCNC(=O)c1c(C(=O)O)cnn1C. The molecule has 1 aromatic rings. The molecule has 0 bridgehead atoms. The lowest BCUT2D eigenvalue weighted by Crippen LogP contribution is -2.30. The number of rotatable bonds is 5. The summed E-state index contributed by atoms with van der Waals surface area (Å²) in [6.45, 7) is 0.686. The third kappa shape index (κ3) is 2.57. The molecule has 0 fully saturated rings. The molecule has 0 aliphatic carbocycles. The van der Waals surface area contributed by atoms with Gasteiger partial charge in [-0.25, -0.2) is 4.79 Å². The molecule has 1 amide bonds.